The number of nitrogens with zero attached hydrogens (tertiary/aromatic N) is 2. The van der Waals surface area contributed by atoms with E-state index in [0.29, 0.717) is 24.8 Å². The van der Waals surface area contributed by atoms with Crippen molar-refractivity contribution in [1.82, 2.24) is 9.88 Å². The molecule has 7 heteroatoms. The summed E-state index contributed by atoms with van der Waals surface area (Å²) in [4.78, 5) is 30.8. The Labute approximate surface area is 153 Å². The first kappa shape index (κ1) is 17.3. The fraction of sp³-hybridized carbons (Fsp3) is 0.632. The van der Waals surface area contributed by atoms with E-state index in [0.717, 1.165) is 44.3 Å². The van der Waals surface area contributed by atoms with Gasteiger partial charge in [-0.15, -0.1) is 0 Å². The normalized spacial score (nSPS) is 25.3. The van der Waals surface area contributed by atoms with Gasteiger partial charge in [-0.25, -0.2) is 9.78 Å². The third-order valence-corrected chi connectivity index (χ3v) is 5.31. The van der Waals surface area contributed by atoms with Crippen LogP contribution in [0.1, 0.15) is 48.9 Å². The van der Waals surface area contributed by atoms with Crippen molar-refractivity contribution in [3.05, 3.63) is 23.9 Å². The van der Waals surface area contributed by atoms with Gasteiger partial charge >= 0.3 is 5.97 Å². The molecule has 1 aromatic rings. The number of anilines is 1. The SMILES string of the molecule is O=C(OCC(=O)N1CCO[C@@H]2CCCC[C@@H]21)c1ccc(NC2CC2)nc1. The number of fused-ring (bicyclic) bond motifs is 1. The van der Waals surface area contributed by atoms with Crippen LogP contribution in [0.4, 0.5) is 5.82 Å². The Hall–Kier alpha value is -2.15. The van der Waals surface area contributed by atoms with Crippen LogP contribution >= 0.6 is 0 Å². The molecule has 140 valence electrons. The molecule has 1 aliphatic heterocycles. The van der Waals surface area contributed by atoms with E-state index in [1.165, 1.54) is 6.20 Å². The average Bonchev–Trinajstić information content (AvgIpc) is 3.50. The van der Waals surface area contributed by atoms with Crippen molar-refractivity contribution in [2.24, 2.45) is 0 Å². The summed E-state index contributed by atoms with van der Waals surface area (Å²) in [5.41, 5.74) is 0.358. The second-order valence-electron chi connectivity index (χ2n) is 7.28. The molecule has 0 bridgehead atoms. The monoisotopic (exact) mass is 359 g/mol. The van der Waals surface area contributed by atoms with Crippen molar-refractivity contribution in [3.8, 4) is 0 Å². The van der Waals surface area contributed by atoms with Gasteiger partial charge in [-0.3, -0.25) is 4.79 Å². The van der Waals surface area contributed by atoms with Crippen LogP contribution in [-0.4, -0.2) is 59.7 Å². The summed E-state index contributed by atoms with van der Waals surface area (Å²) in [7, 11) is 0. The smallest absolute Gasteiger partial charge is 0.340 e. The van der Waals surface area contributed by atoms with Gasteiger partial charge in [0.2, 0.25) is 0 Å². The first-order valence-electron chi connectivity index (χ1n) is 9.51. The highest BCUT2D eigenvalue weighted by Crippen LogP contribution is 2.28. The van der Waals surface area contributed by atoms with Crippen molar-refractivity contribution >= 4 is 17.7 Å². The standard InChI is InChI=1S/C19H25N3O4/c23-18(22-9-10-25-16-4-2-1-3-15(16)22)12-26-19(24)13-5-8-17(20-11-13)21-14-6-7-14/h5,8,11,14-16H,1-4,6-7,9-10,12H2,(H,20,21)/t15-,16+/m0/s1. The summed E-state index contributed by atoms with van der Waals surface area (Å²) >= 11 is 0. The number of amides is 1. The first-order valence-corrected chi connectivity index (χ1v) is 9.51. The third-order valence-electron chi connectivity index (χ3n) is 5.31. The molecule has 2 aliphatic carbocycles. The van der Waals surface area contributed by atoms with Crippen molar-refractivity contribution in [1.29, 1.82) is 0 Å². The first-order chi connectivity index (χ1) is 12.7. The number of aromatic nitrogens is 1. The van der Waals surface area contributed by atoms with E-state index < -0.39 is 5.97 Å². The van der Waals surface area contributed by atoms with E-state index in [1.54, 1.807) is 12.1 Å². The summed E-state index contributed by atoms with van der Waals surface area (Å²) in [6.07, 6.45) is 8.17. The van der Waals surface area contributed by atoms with Crippen molar-refractivity contribution in [2.45, 2.75) is 56.7 Å². The van der Waals surface area contributed by atoms with Gasteiger partial charge < -0.3 is 19.7 Å². The van der Waals surface area contributed by atoms with Gasteiger partial charge in [0.1, 0.15) is 5.82 Å². The number of pyridine rings is 1. The van der Waals surface area contributed by atoms with Gasteiger partial charge in [-0.2, -0.15) is 0 Å². The maximum Gasteiger partial charge on any atom is 0.340 e. The van der Waals surface area contributed by atoms with Crippen LogP contribution in [0.25, 0.3) is 0 Å². The molecule has 7 nitrogen and oxygen atoms in total. The zero-order valence-electron chi connectivity index (χ0n) is 14.9. The number of nitrogens with one attached hydrogen (secondary N) is 1. The van der Waals surface area contributed by atoms with Crippen LogP contribution in [0.5, 0.6) is 0 Å². The molecule has 1 saturated heterocycles. The maximum atomic E-state index is 12.5. The van der Waals surface area contributed by atoms with Gasteiger partial charge in [0, 0.05) is 18.8 Å². The minimum absolute atomic E-state index is 0.123. The molecule has 4 rings (SSSR count). The molecule has 0 aromatic carbocycles. The van der Waals surface area contributed by atoms with Crippen LogP contribution in [0.2, 0.25) is 0 Å². The van der Waals surface area contributed by atoms with Gasteiger partial charge in [0.25, 0.3) is 5.91 Å². The molecule has 26 heavy (non-hydrogen) atoms. The lowest BCUT2D eigenvalue weighted by Crippen LogP contribution is -2.55. The number of carbonyl (C=O) groups excluding carboxylic acids is 2. The van der Waals surface area contributed by atoms with E-state index in [1.807, 2.05) is 4.90 Å². The predicted octanol–water partition coefficient (Wildman–Crippen LogP) is 1.98. The lowest BCUT2D eigenvalue weighted by molar-refractivity contribution is -0.152. The molecule has 3 fully saturated rings. The lowest BCUT2D eigenvalue weighted by atomic mass is 9.90. The molecule has 2 atom stereocenters. The lowest BCUT2D eigenvalue weighted by Gasteiger charge is -2.43. The van der Waals surface area contributed by atoms with Crippen LogP contribution in [-0.2, 0) is 14.3 Å². The van der Waals surface area contributed by atoms with Crippen LogP contribution in [0.3, 0.4) is 0 Å². The molecule has 1 aromatic heterocycles. The second kappa shape index (κ2) is 7.61. The Morgan fingerprint density at radius 1 is 1.23 bits per heavy atom. The Morgan fingerprint density at radius 3 is 2.85 bits per heavy atom. The fourth-order valence-electron chi connectivity index (χ4n) is 3.74. The highest BCUT2D eigenvalue weighted by Gasteiger charge is 2.36. The number of hydrogen-bond acceptors (Lipinski definition) is 6. The molecule has 0 unspecified atom stereocenters. The van der Waals surface area contributed by atoms with Gasteiger partial charge in [-0.1, -0.05) is 12.8 Å². The van der Waals surface area contributed by atoms with E-state index in [4.69, 9.17) is 9.47 Å². The zero-order chi connectivity index (χ0) is 17.9. The predicted molar refractivity (Wildman–Crippen MR) is 94.9 cm³/mol. The highest BCUT2D eigenvalue weighted by atomic mass is 16.5. The summed E-state index contributed by atoms with van der Waals surface area (Å²) < 4.78 is 11.0. The van der Waals surface area contributed by atoms with E-state index in [2.05, 4.69) is 10.3 Å². The van der Waals surface area contributed by atoms with Crippen molar-refractivity contribution < 1.29 is 19.1 Å². The number of rotatable bonds is 5. The topological polar surface area (TPSA) is 80.8 Å². The van der Waals surface area contributed by atoms with E-state index in [-0.39, 0.29) is 24.7 Å². The Kier molecular flexibility index (Phi) is 5.06. The molecular formula is C19H25N3O4. The molecular weight excluding hydrogens is 334 g/mol. The summed E-state index contributed by atoms with van der Waals surface area (Å²) in [5, 5.41) is 3.27. The van der Waals surface area contributed by atoms with Gasteiger partial charge in [-0.05, 0) is 37.8 Å². The van der Waals surface area contributed by atoms with Crippen molar-refractivity contribution in [3.63, 3.8) is 0 Å². The quantitative estimate of drug-likeness (QED) is 0.810. The highest BCUT2D eigenvalue weighted by molar-refractivity contribution is 5.91. The molecule has 2 heterocycles. The Bertz CT molecular complexity index is 657. The number of hydrogen-bond donors (Lipinski definition) is 1. The zero-order valence-corrected chi connectivity index (χ0v) is 14.9. The molecule has 0 radical (unpaired) electrons. The largest absolute Gasteiger partial charge is 0.452 e. The number of morpholine rings is 1. The van der Waals surface area contributed by atoms with Gasteiger partial charge in [0.05, 0.1) is 24.3 Å². The molecule has 2 saturated carbocycles. The van der Waals surface area contributed by atoms with E-state index >= 15 is 0 Å². The fourth-order valence-corrected chi connectivity index (χ4v) is 3.74. The Morgan fingerprint density at radius 2 is 2.08 bits per heavy atom. The van der Waals surface area contributed by atoms with Gasteiger partial charge in [0.15, 0.2) is 6.61 Å². The molecule has 1 amide bonds. The number of carbonyl (C=O) groups is 2. The molecule has 0 spiro atoms. The van der Waals surface area contributed by atoms with Crippen molar-refractivity contribution in [2.75, 3.05) is 25.1 Å². The number of ether oxygens (including phenoxy) is 2. The molecule has 1 N–H and O–H groups in total. The minimum Gasteiger partial charge on any atom is -0.452 e. The third kappa shape index (κ3) is 3.98. The van der Waals surface area contributed by atoms with Crippen LogP contribution in [0.15, 0.2) is 18.3 Å². The number of esters is 1. The van der Waals surface area contributed by atoms with E-state index in [9.17, 15) is 9.59 Å². The Balaban J connectivity index is 1.29. The summed E-state index contributed by atoms with van der Waals surface area (Å²) in [5.74, 6) is 0.104. The van der Waals surface area contributed by atoms with Crippen LogP contribution < -0.4 is 5.32 Å². The second-order valence-corrected chi connectivity index (χ2v) is 7.28. The minimum atomic E-state index is -0.516. The summed E-state index contributed by atoms with van der Waals surface area (Å²) in [6.45, 7) is 0.894. The van der Waals surface area contributed by atoms with Crippen LogP contribution in [0, 0.1) is 0 Å². The average molecular weight is 359 g/mol. The summed E-state index contributed by atoms with van der Waals surface area (Å²) in [6, 6.07) is 4.08. The maximum absolute atomic E-state index is 12.5. The molecule has 3 aliphatic rings.